The van der Waals surface area contributed by atoms with Crippen molar-refractivity contribution in [3.05, 3.63) is 47.5 Å². The Bertz CT molecular complexity index is 678. The molecule has 0 spiro atoms. The minimum absolute atomic E-state index is 0.732. The zero-order chi connectivity index (χ0) is 20.9. The highest BCUT2D eigenvalue weighted by molar-refractivity contribution is 5.47. The molecule has 0 saturated carbocycles. The van der Waals surface area contributed by atoms with Crippen LogP contribution >= 0.6 is 0 Å². The van der Waals surface area contributed by atoms with Gasteiger partial charge in [0.25, 0.3) is 0 Å². The molecule has 0 saturated heterocycles. The number of rotatable bonds is 14. The third kappa shape index (κ3) is 6.81. The minimum Gasteiger partial charge on any atom is -0.493 e. The third-order valence-corrected chi connectivity index (χ3v) is 4.56. The van der Waals surface area contributed by atoms with E-state index in [0.717, 1.165) is 73.4 Å². The number of methoxy groups -OCH3 is 4. The lowest BCUT2D eigenvalue weighted by atomic mass is 10.2. The third-order valence-electron chi connectivity index (χ3n) is 4.56. The van der Waals surface area contributed by atoms with E-state index in [1.54, 1.807) is 28.4 Å². The predicted octanol–water partition coefficient (Wildman–Crippen LogP) is 2.19. The van der Waals surface area contributed by atoms with Gasteiger partial charge in [-0.2, -0.15) is 0 Å². The first-order chi connectivity index (χ1) is 14.2. The second kappa shape index (κ2) is 12.9. The molecule has 0 aliphatic carbocycles. The lowest BCUT2D eigenvalue weighted by molar-refractivity contribution is 0.350. The number of hydrogen-bond acceptors (Lipinski definition) is 7. The first kappa shape index (κ1) is 22.8. The van der Waals surface area contributed by atoms with Crippen LogP contribution in [0.15, 0.2) is 36.4 Å². The number of nitrogens with one attached hydrogen (secondary N) is 3. The summed E-state index contributed by atoms with van der Waals surface area (Å²) in [5.74, 6) is 3.08. The van der Waals surface area contributed by atoms with Crippen molar-refractivity contribution in [2.75, 3.05) is 54.6 Å². The van der Waals surface area contributed by atoms with Crippen LogP contribution in [0.3, 0.4) is 0 Å². The predicted molar refractivity (Wildman–Crippen MR) is 115 cm³/mol. The van der Waals surface area contributed by atoms with Crippen molar-refractivity contribution in [1.29, 1.82) is 0 Å². The van der Waals surface area contributed by atoms with Crippen molar-refractivity contribution < 1.29 is 18.9 Å². The normalized spacial score (nSPS) is 10.6. The maximum atomic E-state index is 5.45. The van der Waals surface area contributed by atoms with Crippen molar-refractivity contribution >= 4 is 0 Å². The van der Waals surface area contributed by atoms with Crippen molar-refractivity contribution in [3.63, 3.8) is 0 Å². The van der Waals surface area contributed by atoms with Crippen molar-refractivity contribution in [2.45, 2.75) is 13.1 Å². The molecule has 2 rings (SSSR count). The van der Waals surface area contributed by atoms with E-state index in [2.05, 4.69) is 16.0 Å². The zero-order valence-corrected chi connectivity index (χ0v) is 17.8. The number of hydrogen-bond donors (Lipinski definition) is 3. The standard InChI is InChI=1S/C22H33N3O4/c1-26-19-9-5-7-17(21(19)28-3)15-24-13-11-23-12-14-25-16-18-8-6-10-20(27-2)22(18)29-4/h5-10,23-25H,11-16H2,1-4H3. The highest BCUT2D eigenvalue weighted by atomic mass is 16.5. The van der Waals surface area contributed by atoms with E-state index in [-0.39, 0.29) is 0 Å². The summed E-state index contributed by atoms with van der Waals surface area (Å²) < 4.78 is 21.6. The summed E-state index contributed by atoms with van der Waals surface area (Å²) in [5.41, 5.74) is 2.17. The molecule has 0 aromatic heterocycles. The molecule has 2 aromatic carbocycles. The maximum absolute atomic E-state index is 5.45. The lowest BCUT2D eigenvalue weighted by Gasteiger charge is -2.14. The first-order valence-corrected chi connectivity index (χ1v) is 9.77. The Labute approximate surface area is 173 Å². The summed E-state index contributed by atoms with van der Waals surface area (Å²) in [6, 6.07) is 11.8. The average molecular weight is 404 g/mol. The highest BCUT2D eigenvalue weighted by Gasteiger charge is 2.09. The van der Waals surface area contributed by atoms with Crippen LogP contribution in [-0.4, -0.2) is 54.6 Å². The van der Waals surface area contributed by atoms with E-state index >= 15 is 0 Å². The fourth-order valence-electron chi connectivity index (χ4n) is 3.11. The smallest absolute Gasteiger partial charge is 0.165 e. The molecule has 7 heteroatoms. The van der Waals surface area contributed by atoms with E-state index in [1.807, 2.05) is 36.4 Å². The molecule has 29 heavy (non-hydrogen) atoms. The van der Waals surface area contributed by atoms with Crippen molar-refractivity contribution in [2.24, 2.45) is 0 Å². The fraction of sp³-hybridized carbons (Fsp3) is 0.455. The molecular formula is C22H33N3O4. The van der Waals surface area contributed by atoms with Gasteiger partial charge in [0.05, 0.1) is 28.4 Å². The summed E-state index contributed by atoms with van der Waals surface area (Å²) in [4.78, 5) is 0. The van der Waals surface area contributed by atoms with Crippen LogP contribution in [0, 0.1) is 0 Å². The van der Waals surface area contributed by atoms with E-state index < -0.39 is 0 Å². The Morgan fingerprint density at radius 2 is 0.966 bits per heavy atom. The number of ether oxygens (including phenoxy) is 4. The number of para-hydroxylation sites is 2. The van der Waals surface area contributed by atoms with Crippen LogP contribution in [0.5, 0.6) is 23.0 Å². The summed E-state index contributed by atoms with van der Waals surface area (Å²) in [7, 11) is 6.63. The van der Waals surface area contributed by atoms with Crippen LogP contribution < -0.4 is 34.9 Å². The molecule has 2 aromatic rings. The Morgan fingerprint density at radius 3 is 1.34 bits per heavy atom. The van der Waals surface area contributed by atoms with E-state index in [0.29, 0.717) is 0 Å². The summed E-state index contributed by atoms with van der Waals surface area (Å²) in [6.07, 6.45) is 0. The van der Waals surface area contributed by atoms with Crippen LogP contribution in [0.25, 0.3) is 0 Å². The van der Waals surface area contributed by atoms with Crippen molar-refractivity contribution in [3.8, 4) is 23.0 Å². The van der Waals surface area contributed by atoms with Gasteiger partial charge in [0, 0.05) is 50.4 Å². The SMILES string of the molecule is COc1cccc(CNCCNCCNCc2cccc(OC)c2OC)c1OC. The molecule has 0 atom stereocenters. The Morgan fingerprint density at radius 1 is 0.552 bits per heavy atom. The Kier molecular flexibility index (Phi) is 10.1. The molecule has 160 valence electrons. The van der Waals surface area contributed by atoms with Gasteiger partial charge in [0.15, 0.2) is 23.0 Å². The molecular weight excluding hydrogens is 370 g/mol. The molecule has 3 N–H and O–H groups in total. The van der Waals surface area contributed by atoms with Gasteiger partial charge in [-0.25, -0.2) is 0 Å². The highest BCUT2D eigenvalue weighted by Crippen LogP contribution is 2.31. The quantitative estimate of drug-likeness (QED) is 0.418. The average Bonchev–Trinajstić information content (AvgIpc) is 2.77. The largest absolute Gasteiger partial charge is 0.493 e. The lowest BCUT2D eigenvalue weighted by Crippen LogP contribution is -2.32. The van der Waals surface area contributed by atoms with Gasteiger partial charge in [-0.1, -0.05) is 24.3 Å². The maximum Gasteiger partial charge on any atom is 0.165 e. The van der Waals surface area contributed by atoms with E-state index in [9.17, 15) is 0 Å². The monoisotopic (exact) mass is 403 g/mol. The molecule has 0 heterocycles. The van der Waals surface area contributed by atoms with E-state index in [1.165, 1.54) is 0 Å². The summed E-state index contributed by atoms with van der Waals surface area (Å²) in [5, 5.41) is 10.3. The van der Waals surface area contributed by atoms with Gasteiger partial charge in [-0.3, -0.25) is 0 Å². The zero-order valence-electron chi connectivity index (χ0n) is 17.8. The Balaban J connectivity index is 1.61. The summed E-state index contributed by atoms with van der Waals surface area (Å²) in [6.45, 7) is 4.97. The van der Waals surface area contributed by atoms with Gasteiger partial charge in [0.1, 0.15) is 0 Å². The van der Waals surface area contributed by atoms with Gasteiger partial charge in [-0.05, 0) is 12.1 Å². The van der Waals surface area contributed by atoms with Crippen LogP contribution in [0.2, 0.25) is 0 Å². The van der Waals surface area contributed by atoms with Gasteiger partial charge >= 0.3 is 0 Å². The van der Waals surface area contributed by atoms with Gasteiger partial charge in [-0.15, -0.1) is 0 Å². The van der Waals surface area contributed by atoms with Crippen LogP contribution in [-0.2, 0) is 13.1 Å². The minimum atomic E-state index is 0.732. The molecule has 0 bridgehead atoms. The van der Waals surface area contributed by atoms with Crippen molar-refractivity contribution in [1.82, 2.24) is 16.0 Å². The van der Waals surface area contributed by atoms with Gasteiger partial charge < -0.3 is 34.9 Å². The van der Waals surface area contributed by atoms with Crippen LogP contribution in [0.4, 0.5) is 0 Å². The molecule has 0 aliphatic heterocycles. The van der Waals surface area contributed by atoms with Crippen LogP contribution in [0.1, 0.15) is 11.1 Å². The molecule has 7 nitrogen and oxygen atoms in total. The first-order valence-electron chi connectivity index (χ1n) is 9.77. The summed E-state index contributed by atoms with van der Waals surface area (Å²) >= 11 is 0. The Hall–Kier alpha value is -2.48. The van der Waals surface area contributed by atoms with Gasteiger partial charge in [0.2, 0.25) is 0 Å². The molecule has 0 amide bonds. The topological polar surface area (TPSA) is 73.0 Å². The second-order valence-electron chi connectivity index (χ2n) is 6.41. The molecule has 0 fully saturated rings. The molecule has 0 unspecified atom stereocenters. The fourth-order valence-corrected chi connectivity index (χ4v) is 3.11. The molecule has 0 aliphatic rings. The second-order valence-corrected chi connectivity index (χ2v) is 6.41. The molecule has 0 radical (unpaired) electrons. The van der Waals surface area contributed by atoms with E-state index in [4.69, 9.17) is 18.9 Å². The number of benzene rings is 2.